The van der Waals surface area contributed by atoms with Crippen LogP contribution in [0.3, 0.4) is 0 Å². The average Bonchev–Trinajstić information content (AvgIpc) is 2.80. The fraction of sp³-hybridized carbons (Fsp3) is 0.364. The molecular weight excluding hydrogens is 404 g/mol. The third-order valence-corrected chi connectivity index (χ3v) is 4.13. The minimum absolute atomic E-state index is 0.237. The van der Waals surface area contributed by atoms with Crippen LogP contribution in [0.5, 0.6) is 17.2 Å². The SMILES string of the molecule is COCCOCCNC(=O)c1ccc(OCC(=O)Nc2ccccc2OC)c(OC)c1. The van der Waals surface area contributed by atoms with Crippen LogP contribution < -0.4 is 24.8 Å². The molecule has 2 aromatic rings. The van der Waals surface area contributed by atoms with Gasteiger partial charge in [-0.05, 0) is 30.3 Å². The van der Waals surface area contributed by atoms with Crippen molar-refractivity contribution in [2.24, 2.45) is 0 Å². The van der Waals surface area contributed by atoms with Gasteiger partial charge in [0.05, 0.1) is 39.7 Å². The van der Waals surface area contributed by atoms with Gasteiger partial charge in [0.25, 0.3) is 11.8 Å². The van der Waals surface area contributed by atoms with Crippen molar-refractivity contribution < 1.29 is 33.3 Å². The summed E-state index contributed by atoms with van der Waals surface area (Å²) >= 11 is 0. The molecule has 0 atom stereocenters. The zero-order valence-electron chi connectivity index (χ0n) is 17.9. The number of carbonyl (C=O) groups is 2. The van der Waals surface area contributed by atoms with E-state index >= 15 is 0 Å². The molecule has 9 nitrogen and oxygen atoms in total. The Balaban J connectivity index is 1.88. The molecule has 0 heterocycles. The fourth-order valence-corrected chi connectivity index (χ4v) is 2.59. The summed E-state index contributed by atoms with van der Waals surface area (Å²) in [7, 11) is 4.58. The highest BCUT2D eigenvalue weighted by Crippen LogP contribution is 2.28. The van der Waals surface area contributed by atoms with Gasteiger partial charge in [0.15, 0.2) is 18.1 Å². The first-order chi connectivity index (χ1) is 15.1. The van der Waals surface area contributed by atoms with Crippen molar-refractivity contribution in [3.63, 3.8) is 0 Å². The molecule has 2 amide bonds. The lowest BCUT2D eigenvalue weighted by Gasteiger charge is -2.13. The van der Waals surface area contributed by atoms with Gasteiger partial charge in [-0.2, -0.15) is 0 Å². The van der Waals surface area contributed by atoms with Crippen molar-refractivity contribution in [1.29, 1.82) is 0 Å². The Morgan fingerprint density at radius 1 is 0.871 bits per heavy atom. The number of ether oxygens (including phenoxy) is 5. The van der Waals surface area contributed by atoms with Gasteiger partial charge >= 0.3 is 0 Å². The summed E-state index contributed by atoms with van der Waals surface area (Å²) in [5.41, 5.74) is 0.948. The number of anilines is 1. The van der Waals surface area contributed by atoms with E-state index in [4.69, 9.17) is 23.7 Å². The van der Waals surface area contributed by atoms with Crippen LogP contribution in [-0.4, -0.2) is 66.1 Å². The summed E-state index contributed by atoms with van der Waals surface area (Å²) in [4.78, 5) is 24.5. The number of amides is 2. The van der Waals surface area contributed by atoms with Gasteiger partial charge < -0.3 is 34.3 Å². The van der Waals surface area contributed by atoms with Gasteiger partial charge in [-0.1, -0.05) is 12.1 Å². The Kier molecular flexibility index (Phi) is 10.1. The Morgan fingerprint density at radius 3 is 2.39 bits per heavy atom. The number of methoxy groups -OCH3 is 3. The van der Waals surface area contributed by atoms with Gasteiger partial charge in [-0.3, -0.25) is 9.59 Å². The maximum Gasteiger partial charge on any atom is 0.262 e. The molecule has 2 N–H and O–H groups in total. The summed E-state index contributed by atoms with van der Waals surface area (Å²) in [6.45, 7) is 1.49. The highest BCUT2D eigenvalue weighted by molar-refractivity contribution is 5.95. The number of para-hydroxylation sites is 2. The molecule has 0 saturated heterocycles. The maximum absolute atomic E-state index is 12.3. The standard InChI is InChI=1S/C22H28N2O7/c1-27-12-13-30-11-10-23-22(26)16-8-9-19(20(14-16)29-3)31-15-21(25)24-17-6-4-5-7-18(17)28-2/h4-9,14H,10-13,15H2,1-3H3,(H,23,26)(H,24,25). The Morgan fingerprint density at radius 2 is 1.65 bits per heavy atom. The lowest BCUT2D eigenvalue weighted by Crippen LogP contribution is -2.27. The van der Waals surface area contributed by atoms with E-state index < -0.39 is 0 Å². The van der Waals surface area contributed by atoms with Crippen LogP contribution >= 0.6 is 0 Å². The van der Waals surface area contributed by atoms with Crippen LogP contribution in [0.25, 0.3) is 0 Å². The van der Waals surface area contributed by atoms with Gasteiger partial charge in [-0.25, -0.2) is 0 Å². The highest BCUT2D eigenvalue weighted by Gasteiger charge is 2.13. The number of hydrogen-bond donors (Lipinski definition) is 2. The van der Waals surface area contributed by atoms with Crippen LogP contribution in [-0.2, 0) is 14.3 Å². The first-order valence-electron chi connectivity index (χ1n) is 9.67. The van der Waals surface area contributed by atoms with E-state index in [1.165, 1.54) is 14.2 Å². The lowest BCUT2D eigenvalue weighted by molar-refractivity contribution is -0.118. The summed E-state index contributed by atoms with van der Waals surface area (Å²) in [6, 6.07) is 11.8. The van der Waals surface area contributed by atoms with E-state index in [-0.39, 0.29) is 18.4 Å². The van der Waals surface area contributed by atoms with Crippen LogP contribution in [0.2, 0.25) is 0 Å². The first kappa shape index (κ1) is 24.0. The average molecular weight is 432 g/mol. The van der Waals surface area contributed by atoms with Crippen molar-refractivity contribution in [2.45, 2.75) is 0 Å². The van der Waals surface area contributed by atoms with Crippen molar-refractivity contribution in [3.8, 4) is 17.2 Å². The zero-order valence-corrected chi connectivity index (χ0v) is 17.9. The predicted octanol–water partition coefficient (Wildman–Crippen LogP) is 2.11. The van der Waals surface area contributed by atoms with Crippen LogP contribution in [0, 0.1) is 0 Å². The summed E-state index contributed by atoms with van der Waals surface area (Å²) in [6.07, 6.45) is 0. The van der Waals surface area contributed by atoms with Crippen molar-refractivity contribution >= 4 is 17.5 Å². The maximum atomic E-state index is 12.3. The molecule has 0 unspecified atom stereocenters. The van der Waals surface area contributed by atoms with E-state index in [0.29, 0.717) is 54.9 Å². The minimum atomic E-state index is -0.359. The number of nitrogens with one attached hydrogen (secondary N) is 2. The second kappa shape index (κ2) is 13.1. The predicted molar refractivity (Wildman–Crippen MR) is 115 cm³/mol. The molecule has 9 heteroatoms. The zero-order chi connectivity index (χ0) is 22.5. The lowest BCUT2D eigenvalue weighted by atomic mass is 10.2. The smallest absolute Gasteiger partial charge is 0.262 e. The Hall–Kier alpha value is -3.30. The second-order valence-corrected chi connectivity index (χ2v) is 6.26. The quantitative estimate of drug-likeness (QED) is 0.467. The van der Waals surface area contributed by atoms with E-state index in [1.807, 2.05) is 6.07 Å². The molecule has 0 bridgehead atoms. The van der Waals surface area contributed by atoms with Crippen LogP contribution in [0.4, 0.5) is 5.69 Å². The molecule has 0 aliphatic heterocycles. The molecule has 0 spiro atoms. The molecule has 0 aromatic heterocycles. The minimum Gasteiger partial charge on any atom is -0.495 e. The van der Waals surface area contributed by atoms with Crippen molar-refractivity contribution in [1.82, 2.24) is 5.32 Å². The third kappa shape index (κ3) is 7.80. The summed E-state index contributed by atoms with van der Waals surface area (Å²) < 4.78 is 26.3. The van der Waals surface area contributed by atoms with E-state index in [0.717, 1.165) is 0 Å². The van der Waals surface area contributed by atoms with Gasteiger partial charge in [0, 0.05) is 19.2 Å². The molecule has 2 rings (SSSR count). The fourth-order valence-electron chi connectivity index (χ4n) is 2.59. The number of carbonyl (C=O) groups excluding carboxylic acids is 2. The number of rotatable bonds is 13. The molecule has 0 saturated carbocycles. The van der Waals surface area contributed by atoms with E-state index in [1.54, 1.807) is 43.5 Å². The Bertz CT molecular complexity index is 858. The molecule has 0 aliphatic rings. The topological polar surface area (TPSA) is 104 Å². The number of benzene rings is 2. The highest BCUT2D eigenvalue weighted by atomic mass is 16.5. The van der Waals surface area contributed by atoms with Gasteiger partial charge in [0.1, 0.15) is 5.75 Å². The summed E-state index contributed by atoms with van der Waals surface area (Å²) in [5.74, 6) is 0.607. The molecule has 2 aromatic carbocycles. The third-order valence-electron chi connectivity index (χ3n) is 4.13. The molecule has 0 radical (unpaired) electrons. The van der Waals surface area contributed by atoms with Crippen LogP contribution in [0.1, 0.15) is 10.4 Å². The Labute approximate surface area is 181 Å². The van der Waals surface area contributed by atoms with E-state index in [2.05, 4.69) is 10.6 Å². The molecule has 0 aliphatic carbocycles. The molecule has 168 valence electrons. The van der Waals surface area contributed by atoms with E-state index in [9.17, 15) is 9.59 Å². The van der Waals surface area contributed by atoms with Crippen LogP contribution in [0.15, 0.2) is 42.5 Å². The monoisotopic (exact) mass is 432 g/mol. The molecular formula is C22H28N2O7. The first-order valence-corrected chi connectivity index (χ1v) is 9.67. The molecule has 0 fully saturated rings. The largest absolute Gasteiger partial charge is 0.495 e. The van der Waals surface area contributed by atoms with Crippen molar-refractivity contribution in [3.05, 3.63) is 48.0 Å². The van der Waals surface area contributed by atoms with Gasteiger partial charge in [-0.15, -0.1) is 0 Å². The normalized spacial score (nSPS) is 10.3. The second-order valence-electron chi connectivity index (χ2n) is 6.26. The summed E-state index contributed by atoms with van der Waals surface area (Å²) in [5, 5.41) is 5.48. The number of hydrogen-bond acceptors (Lipinski definition) is 7. The van der Waals surface area contributed by atoms with Gasteiger partial charge in [0.2, 0.25) is 0 Å². The molecule has 31 heavy (non-hydrogen) atoms. The van der Waals surface area contributed by atoms with Crippen molar-refractivity contribution in [2.75, 3.05) is 59.6 Å².